The van der Waals surface area contributed by atoms with Crippen molar-refractivity contribution in [2.45, 2.75) is 52.9 Å². The van der Waals surface area contributed by atoms with Gasteiger partial charge in [0.2, 0.25) is 0 Å². The quantitative estimate of drug-likeness (QED) is 0.340. The van der Waals surface area contributed by atoms with Crippen molar-refractivity contribution in [3.63, 3.8) is 0 Å². The second-order valence-electron chi connectivity index (χ2n) is 5.05. The van der Waals surface area contributed by atoms with Crippen molar-refractivity contribution in [3.05, 3.63) is 0 Å². The minimum Gasteiger partial charge on any atom is -0.380 e. The summed E-state index contributed by atoms with van der Waals surface area (Å²) in [5.74, 6) is 1.24. The predicted octanol–water partition coefficient (Wildman–Crippen LogP) is 2.53. The summed E-state index contributed by atoms with van der Waals surface area (Å²) >= 11 is 0. The lowest BCUT2D eigenvalue weighted by Crippen LogP contribution is -2.34. The minimum absolute atomic E-state index is 0.541. The van der Waals surface area contributed by atoms with Crippen LogP contribution in [0, 0.1) is 5.92 Å². The number of guanidine groups is 1. The van der Waals surface area contributed by atoms with Crippen molar-refractivity contribution in [2.75, 3.05) is 26.3 Å². The highest BCUT2D eigenvalue weighted by molar-refractivity contribution is 5.77. The van der Waals surface area contributed by atoms with Gasteiger partial charge >= 0.3 is 0 Å². The third-order valence-corrected chi connectivity index (χ3v) is 2.69. The number of hydrogen-bond acceptors (Lipinski definition) is 2. The average Bonchev–Trinajstić information content (AvgIpc) is 2.33. The lowest BCUT2D eigenvalue weighted by atomic mass is 10.1. The van der Waals surface area contributed by atoms with E-state index >= 15 is 0 Å². The fraction of sp³-hybridized carbons (Fsp3) is 0.929. The molecular weight excluding hydrogens is 226 g/mol. The van der Waals surface area contributed by atoms with Crippen molar-refractivity contribution in [3.8, 4) is 0 Å². The maximum Gasteiger partial charge on any atom is 0.188 e. The molecule has 0 aliphatic rings. The summed E-state index contributed by atoms with van der Waals surface area (Å²) in [6.07, 6.45) is 6.02. The molecule has 108 valence electrons. The SMILES string of the molecule is CCCCCCN=C(N)NCCOCCC(C)C. The van der Waals surface area contributed by atoms with Gasteiger partial charge in [-0.2, -0.15) is 0 Å². The number of nitrogens with two attached hydrogens (primary N) is 1. The summed E-state index contributed by atoms with van der Waals surface area (Å²) in [4.78, 5) is 4.27. The Morgan fingerprint density at radius 2 is 2.00 bits per heavy atom. The summed E-state index contributed by atoms with van der Waals surface area (Å²) in [7, 11) is 0. The first-order valence-corrected chi connectivity index (χ1v) is 7.28. The van der Waals surface area contributed by atoms with Crippen LogP contribution >= 0.6 is 0 Å². The Hall–Kier alpha value is -0.770. The van der Waals surface area contributed by atoms with Crippen LogP contribution in [0.4, 0.5) is 0 Å². The predicted molar refractivity (Wildman–Crippen MR) is 78.9 cm³/mol. The molecule has 0 aliphatic heterocycles. The standard InChI is InChI=1S/C14H31N3O/c1-4-5-6-7-9-16-14(15)17-10-12-18-11-8-13(2)3/h13H,4-12H2,1-3H3,(H3,15,16,17). The fourth-order valence-electron chi connectivity index (χ4n) is 1.47. The van der Waals surface area contributed by atoms with E-state index in [4.69, 9.17) is 10.5 Å². The van der Waals surface area contributed by atoms with Crippen LogP contribution in [0.5, 0.6) is 0 Å². The molecule has 0 aliphatic carbocycles. The van der Waals surface area contributed by atoms with Gasteiger partial charge in [0, 0.05) is 19.7 Å². The highest BCUT2D eigenvalue weighted by Gasteiger charge is 1.95. The largest absolute Gasteiger partial charge is 0.380 e. The van der Waals surface area contributed by atoms with Gasteiger partial charge in [-0.3, -0.25) is 4.99 Å². The number of ether oxygens (including phenoxy) is 1. The summed E-state index contributed by atoms with van der Waals surface area (Å²) in [6.45, 7) is 9.69. The first-order valence-electron chi connectivity index (χ1n) is 7.28. The summed E-state index contributed by atoms with van der Waals surface area (Å²) in [6, 6.07) is 0. The molecule has 0 unspecified atom stereocenters. The molecule has 0 amide bonds. The van der Waals surface area contributed by atoms with E-state index < -0.39 is 0 Å². The maximum atomic E-state index is 5.73. The van der Waals surface area contributed by atoms with E-state index in [0.29, 0.717) is 18.5 Å². The molecule has 4 nitrogen and oxygen atoms in total. The number of hydrogen-bond donors (Lipinski definition) is 2. The van der Waals surface area contributed by atoms with Crippen LogP contribution in [-0.4, -0.2) is 32.3 Å². The minimum atomic E-state index is 0.541. The molecule has 0 rings (SSSR count). The van der Waals surface area contributed by atoms with Gasteiger partial charge < -0.3 is 15.8 Å². The van der Waals surface area contributed by atoms with E-state index in [-0.39, 0.29) is 0 Å². The summed E-state index contributed by atoms with van der Waals surface area (Å²) < 4.78 is 5.48. The summed E-state index contributed by atoms with van der Waals surface area (Å²) in [5, 5.41) is 3.06. The Bertz CT molecular complexity index is 205. The lowest BCUT2D eigenvalue weighted by molar-refractivity contribution is 0.128. The number of aliphatic imine (C=N–C) groups is 1. The van der Waals surface area contributed by atoms with E-state index in [9.17, 15) is 0 Å². The molecule has 0 aromatic heterocycles. The number of nitrogens with zero attached hydrogens (tertiary/aromatic N) is 1. The number of unbranched alkanes of at least 4 members (excludes halogenated alkanes) is 3. The first kappa shape index (κ1) is 17.2. The molecule has 18 heavy (non-hydrogen) atoms. The van der Waals surface area contributed by atoms with Gasteiger partial charge in [-0.25, -0.2) is 0 Å². The van der Waals surface area contributed by atoms with Gasteiger partial charge in [-0.05, 0) is 18.8 Å². The van der Waals surface area contributed by atoms with E-state index in [0.717, 1.165) is 32.5 Å². The van der Waals surface area contributed by atoms with Gasteiger partial charge in [0.15, 0.2) is 5.96 Å². The van der Waals surface area contributed by atoms with Gasteiger partial charge in [0.05, 0.1) is 6.61 Å². The Morgan fingerprint density at radius 3 is 2.67 bits per heavy atom. The second kappa shape index (κ2) is 12.7. The molecule has 0 fully saturated rings. The molecule has 0 atom stereocenters. The van der Waals surface area contributed by atoms with Crippen molar-refractivity contribution in [2.24, 2.45) is 16.6 Å². The second-order valence-corrected chi connectivity index (χ2v) is 5.05. The van der Waals surface area contributed by atoms with Crippen molar-refractivity contribution < 1.29 is 4.74 Å². The Kier molecular flexibility index (Phi) is 12.1. The Morgan fingerprint density at radius 1 is 1.22 bits per heavy atom. The van der Waals surface area contributed by atoms with Crippen LogP contribution in [-0.2, 0) is 4.74 Å². The molecule has 0 saturated heterocycles. The molecule has 0 radical (unpaired) electrons. The number of rotatable bonds is 11. The van der Waals surface area contributed by atoms with Gasteiger partial charge in [0.25, 0.3) is 0 Å². The van der Waals surface area contributed by atoms with Crippen molar-refractivity contribution >= 4 is 5.96 Å². The number of nitrogens with one attached hydrogen (secondary N) is 1. The van der Waals surface area contributed by atoms with Crippen LogP contribution in [0.1, 0.15) is 52.9 Å². The highest BCUT2D eigenvalue weighted by atomic mass is 16.5. The normalized spacial score (nSPS) is 12.1. The van der Waals surface area contributed by atoms with Crippen LogP contribution in [0.25, 0.3) is 0 Å². The van der Waals surface area contributed by atoms with E-state index in [1.165, 1.54) is 19.3 Å². The van der Waals surface area contributed by atoms with Gasteiger partial charge in [-0.1, -0.05) is 40.0 Å². The average molecular weight is 257 g/mol. The van der Waals surface area contributed by atoms with Crippen molar-refractivity contribution in [1.29, 1.82) is 0 Å². The topological polar surface area (TPSA) is 59.6 Å². The smallest absolute Gasteiger partial charge is 0.188 e. The molecule has 0 saturated carbocycles. The highest BCUT2D eigenvalue weighted by Crippen LogP contribution is 1.99. The zero-order chi connectivity index (χ0) is 13.6. The molecular formula is C14H31N3O. The van der Waals surface area contributed by atoms with E-state index in [2.05, 4.69) is 31.1 Å². The van der Waals surface area contributed by atoms with Gasteiger partial charge in [-0.15, -0.1) is 0 Å². The molecule has 0 spiro atoms. The summed E-state index contributed by atoms with van der Waals surface area (Å²) in [5.41, 5.74) is 5.73. The maximum absolute atomic E-state index is 5.73. The van der Waals surface area contributed by atoms with Crippen LogP contribution in [0.3, 0.4) is 0 Å². The molecule has 0 bridgehead atoms. The molecule has 0 aromatic carbocycles. The molecule has 0 aromatic rings. The van der Waals surface area contributed by atoms with Gasteiger partial charge in [0.1, 0.15) is 0 Å². The van der Waals surface area contributed by atoms with E-state index in [1.54, 1.807) is 0 Å². The Balaban J connectivity index is 3.29. The molecule has 3 N–H and O–H groups in total. The zero-order valence-corrected chi connectivity index (χ0v) is 12.4. The van der Waals surface area contributed by atoms with Crippen LogP contribution in [0.2, 0.25) is 0 Å². The third-order valence-electron chi connectivity index (χ3n) is 2.69. The monoisotopic (exact) mass is 257 g/mol. The molecule has 0 heterocycles. The fourth-order valence-corrected chi connectivity index (χ4v) is 1.47. The zero-order valence-electron chi connectivity index (χ0n) is 12.4. The molecule has 4 heteroatoms. The lowest BCUT2D eigenvalue weighted by Gasteiger charge is -2.08. The van der Waals surface area contributed by atoms with E-state index in [1.807, 2.05) is 0 Å². The van der Waals surface area contributed by atoms with Crippen LogP contribution in [0.15, 0.2) is 4.99 Å². The third kappa shape index (κ3) is 13.3. The first-order chi connectivity index (χ1) is 8.66. The van der Waals surface area contributed by atoms with Crippen molar-refractivity contribution in [1.82, 2.24) is 5.32 Å². The van der Waals surface area contributed by atoms with Crippen LogP contribution < -0.4 is 11.1 Å². The Labute approximate surface area is 112 Å².